The van der Waals surface area contributed by atoms with Gasteiger partial charge in [0.25, 0.3) is 5.69 Å². The van der Waals surface area contributed by atoms with Crippen LogP contribution in [-0.2, 0) is 4.79 Å². The van der Waals surface area contributed by atoms with Crippen LogP contribution in [0.25, 0.3) is 0 Å². The molecular formula is C14H21N3O3. The van der Waals surface area contributed by atoms with Crippen LogP contribution >= 0.6 is 0 Å². The molecule has 0 aliphatic rings. The third-order valence-corrected chi connectivity index (χ3v) is 3.28. The zero-order chi connectivity index (χ0) is 15.3. The van der Waals surface area contributed by atoms with Gasteiger partial charge in [-0.25, -0.2) is 0 Å². The van der Waals surface area contributed by atoms with E-state index in [4.69, 9.17) is 0 Å². The van der Waals surface area contributed by atoms with E-state index >= 15 is 0 Å². The molecule has 6 nitrogen and oxygen atoms in total. The standard InChI is InChI=1S/C14H21N3O3/c1-5-16(6-2)9-14(18)15-12-8-13(17(19)20)11(4)7-10(12)3/h7-8H,5-6,9H2,1-4H3,(H,15,18). The number of amides is 1. The Balaban J connectivity index is 2.89. The first-order valence-electron chi connectivity index (χ1n) is 6.66. The van der Waals surface area contributed by atoms with E-state index in [9.17, 15) is 14.9 Å². The number of carbonyl (C=O) groups is 1. The van der Waals surface area contributed by atoms with Crippen LogP contribution < -0.4 is 5.32 Å². The Morgan fingerprint density at radius 1 is 1.25 bits per heavy atom. The summed E-state index contributed by atoms with van der Waals surface area (Å²) in [6.07, 6.45) is 0. The van der Waals surface area contributed by atoms with E-state index in [1.165, 1.54) is 6.07 Å². The summed E-state index contributed by atoms with van der Waals surface area (Å²) in [5.74, 6) is -0.157. The van der Waals surface area contributed by atoms with Gasteiger partial charge in [0.2, 0.25) is 5.91 Å². The van der Waals surface area contributed by atoms with E-state index in [0.29, 0.717) is 11.3 Å². The molecule has 0 radical (unpaired) electrons. The predicted molar refractivity (Wildman–Crippen MR) is 79.0 cm³/mol. The summed E-state index contributed by atoms with van der Waals surface area (Å²) in [5, 5.41) is 13.7. The van der Waals surface area contributed by atoms with Gasteiger partial charge in [-0.1, -0.05) is 13.8 Å². The molecule has 0 atom stereocenters. The average molecular weight is 279 g/mol. The molecule has 0 saturated heterocycles. The van der Waals surface area contributed by atoms with Crippen molar-refractivity contribution in [2.45, 2.75) is 27.7 Å². The predicted octanol–water partition coefficient (Wildman–Crippen LogP) is 2.49. The molecule has 0 aromatic heterocycles. The lowest BCUT2D eigenvalue weighted by atomic mass is 10.1. The third-order valence-electron chi connectivity index (χ3n) is 3.28. The Morgan fingerprint density at radius 2 is 1.85 bits per heavy atom. The first kappa shape index (κ1) is 16.1. The van der Waals surface area contributed by atoms with Crippen LogP contribution in [0.1, 0.15) is 25.0 Å². The molecule has 1 N–H and O–H groups in total. The van der Waals surface area contributed by atoms with Crippen LogP contribution in [0.5, 0.6) is 0 Å². The summed E-state index contributed by atoms with van der Waals surface area (Å²) in [7, 11) is 0. The van der Waals surface area contributed by atoms with Gasteiger partial charge in [-0.3, -0.25) is 19.8 Å². The van der Waals surface area contributed by atoms with Crippen molar-refractivity contribution in [1.29, 1.82) is 0 Å². The van der Waals surface area contributed by atoms with Crippen LogP contribution in [0.3, 0.4) is 0 Å². The highest BCUT2D eigenvalue weighted by molar-refractivity contribution is 5.93. The first-order chi connectivity index (χ1) is 9.38. The normalized spacial score (nSPS) is 10.7. The second kappa shape index (κ2) is 7.00. The minimum Gasteiger partial charge on any atom is -0.324 e. The maximum atomic E-state index is 11.9. The number of hydrogen-bond acceptors (Lipinski definition) is 4. The maximum Gasteiger partial charge on any atom is 0.274 e. The fourth-order valence-electron chi connectivity index (χ4n) is 2.01. The molecule has 0 heterocycles. The summed E-state index contributed by atoms with van der Waals surface area (Å²) in [5.41, 5.74) is 1.93. The molecule has 110 valence electrons. The van der Waals surface area contributed by atoms with E-state index in [2.05, 4.69) is 5.32 Å². The molecule has 20 heavy (non-hydrogen) atoms. The Morgan fingerprint density at radius 3 is 2.35 bits per heavy atom. The largest absolute Gasteiger partial charge is 0.324 e. The van der Waals surface area contributed by atoms with Gasteiger partial charge in [-0.05, 0) is 38.6 Å². The van der Waals surface area contributed by atoms with Crippen LogP contribution in [0, 0.1) is 24.0 Å². The smallest absolute Gasteiger partial charge is 0.274 e. The highest BCUT2D eigenvalue weighted by Gasteiger charge is 2.15. The lowest BCUT2D eigenvalue weighted by molar-refractivity contribution is -0.385. The quantitative estimate of drug-likeness (QED) is 0.641. The van der Waals surface area contributed by atoms with Crippen LogP contribution in [0.15, 0.2) is 12.1 Å². The monoisotopic (exact) mass is 279 g/mol. The van der Waals surface area contributed by atoms with E-state index in [-0.39, 0.29) is 18.1 Å². The molecule has 0 bridgehead atoms. The van der Waals surface area contributed by atoms with Gasteiger partial charge in [0, 0.05) is 11.6 Å². The van der Waals surface area contributed by atoms with Crippen molar-refractivity contribution in [3.63, 3.8) is 0 Å². The van der Waals surface area contributed by atoms with Crippen molar-refractivity contribution in [3.8, 4) is 0 Å². The summed E-state index contributed by atoms with van der Waals surface area (Å²) < 4.78 is 0. The number of nitro benzene ring substituents is 1. The minimum absolute atomic E-state index is 0.0220. The van der Waals surface area contributed by atoms with Crippen molar-refractivity contribution in [2.75, 3.05) is 25.0 Å². The van der Waals surface area contributed by atoms with Gasteiger partial charge in [0.15, 0.2) is 0 Å². The Kier molecular flexibility index (Phi) is 5.64. The van der Waals surface area contributed by atoms with Crippen molar-refractivity contribution < 1.29 is 9.72 Å². The summed E-state index contributed by atoms with van der Waals surface area (Å²) in [4.78, 5) is 24.4. The van der Waals surface area contributed by atoms with Crippen molar-refractivity contribution in [3.05, 3.63) is 33.4 Å². The fourth-order valence-corrected chi connectivity index (χ4v) is 2.01. The molecule has 0 aliphatic heterocycles. The minimum atomic E-state index is -0.436. The molecule has 0 aliphatic carbocycles. The number of anilines is 1. The molecule has 0 saturated carbocycles. The van der Waals surface area contributed by atoms with E-state index in [0.717, 1.165) is 18.7 Å². The van der Waals surface area contributed by atoms with Gasteiger partial charge in [0.05, 0.1) is 17.2 Å². The number of aryl methyl sites for hydroxylation is 2. The second-order valence-corrected chi connectivity index (χ2v) is 4.72. The van der Waals surface area contributed by atoms with Crippen LogP contribution in [0.4, 0.5) is 11.4 Å². The summed E-state index contributed by atoms with van der Waals surface area (Å²) in [6.45, 7) is 9.34. The topological polar surface area (TPSA) is 75.5 Å². The molecule has 0 unspecified atom stereocenters. The van der Waals surface area contributed by atoms with Gasteiger partial charge >= 0.3 is 0 Å². The number of nitrogens with zero attached hydrogens (tertiary/aromatic N) is 2. The molecule has 6 heteroatoms. The number of likely N-dealkylation sites (N-methyl/N-ethyl adjacent to an activating group) is 1. The van der Waals surface area contributed by atoms with Gasteiger partial charge in [-0.15, -0.1) is 0 Å². The lowest BCUT2D eigenvalue weighted by Gasteiger charge is -2.18. The van der Waals surface area contributed by atoms with E-state index < -0.39 is 4.92 Å². The molecule has 0 fully saturated rings. The van der Waals surface area contributed by atoms with Crippen molar-refractivity contribution in [2.24, 2.45) is 0 Å². The maximum absolute atomic E-state index is 11.9. The SMILES string of the molecule is CCN(CC)CC(=O)Nc1cc([N+](=O)[O-])c(C)cc1C. The first-order valence-corrected chi connectivity index (χ1v) is 6.66. The lowest BCUT2D eigenvalue weighted by Crippen LogP contribution is -2.33. The van der Waals surface area contributed by atoms with Gasteiger partial charge in [-0.2, -0.15) is 0 Å². The number of carbonyl (C=O) groups excluding carboxylic acids is 1. The number of benzene rings is 1. The highest BCUT2D eigenvalue weighted by atomic mass is 16.6. The van der Waals surface area contributed by atoms with Gasteiger partial charge < -0.3 is 5.32 Å². The Hall–Kier alpha value is -1.95. The van der Waals surface area contributed by atoms with Crippen molar-refractivity contribution in [1.82, 2.24) is 4.90 Å². The number of nitro groups is 1. The molecule has 1 aromatic rings. The van der Waals surface area contributed by atoms with Crippen molar-refractivity contribution >= 4 is 17.3 Å². The van der Waals surface area contributed by atoms with E-state index in [1.54, 1.807) is 13.0 Å². The number of nitrogens with one attached hydrogen (secondary N) is 1. The zero-order valence-electron chi connectivity index (χ0n) is 12.4. The molecule has 1 amide bonds. The highest BCUT2D eigenvalue weighted by Crippen LogP contribution is 2.26. The average Bonchev–Trinajstić information content (AvgIpc) is 2.38. The molecule has 1 aromatic carbocycles. The van der Waals surface area contributed by atoms with Crippen LogP contribution in [-0.4, -0.2) is 35.4 Å². The van der Waals surface area contributed by atoms with Crippen LogP contribution in [0.2, 0.25) is 0 Å². The molecular weight excluding hydrogens is 258 g/mol. The number of hydrogen-bond donors (Lipinski definition) is 1. The summed E-state index contributed by atoms with van der Waals surface area (Å²) in [6, 6.07) is 3.13. The zero-order valence-corrected chi connectivity index (χ0v) is 12.4. The summed E-state index contributed by atoms with van der Waals surface area (Å²) >= 11 is 0. The Labute approximate surface area is 118 Å². The molecule has 0 spiro atoms. The van der Waals surface area contributed by atoms with Gasteiger partial charge in [0.1, 0.15) is 0 Å². The molecule has 1 rings (SSSR count). The third kappa shape index (κ3) is 4.03. The fraction of sp³-hybridized carbons (Fsp3) is 0.500. The Bertz CT molecular complexity index is 511. The van der Waals surface area contributed by atoms with E-state index in [1.807, 2.05) is 25.7 Å². The second-order valence-electron chi connectivity index (χ2n) is 4.72. The number of rotatable bonds is 6.